The summed E-state index contributed by atoms with van der Waals surface area (Å²) in [6.07, 6.45) is 0.398. The van der Waals surface area contributed by atoms with Gasteiger partial charge in [0.1, 0.15) is 5.75 Å². The zero-order valence-electron chi connectivity index (χ0n) is 16.5. The van der Waals surface area contributed by atoms with Crippen LogP contribution < -0.4 is 10.1 Å². The third-order valence-electron chi connectivity index (χ3n) is 4.48. The van der Waals surface area contributed by atoms with Crippen LogP contribution in [0, 0.1) is 0 Å². The summed E-state index contributed by atoms with van der Waals surface area (Å²) in [5.74, 6) is 1.86. The maximum Gasteiger partial charge on any atom is 0.273 e. The van der Waals surface area contributed by atoms with Crippen molar-refractivity contribution in [3.63, 3.8) is 0 Å². The number of amides is 1. The first-order valence-corrected chi connectivity index (χ1v) is 9.42. The van der Waals surface area contributed by atoms with Gasteiger partial charge in [0.25, 0.3) is 5.91 Å². The summed E-state index contributed by atoms with van der Waals surface area (Å²) in [4.78, 5) is 16.9. The predicted molar refractivity (Wildman–Crippen MR) is 109 cm³/mol. The van der Waals surface area contributed by atoms with Crippen molar-refractivity contribution in [3.05, 3.63) is 72.2 Å². The van der Waals surface area contributed by atoms with Crippen molar-refractivity contribution in [2.75, 3.05) is 7.11 Å². The van der Waals surface area contributed by atoms with E-state index >= 15 is 0 Å². The van der Waals surface area contributed by atoms with Crippen molar-refractivity contribution in [2.45, 2.75) is 19.4 Å². The minimum absolute atomic E-state index is 0.197. The normalized spacial score (nSPS) is 11.8. The quantitative estimate of drug-likeness (QED) is 0.500. The molecule has 0 saturated carbocycles. The van der Waals surface area contributed by atoms with Gasteiger partial charge in [-0.3, -0.25) is 4.79 Å². The predicted octanol–water partition coefficient (Wildman–Crippen LogP) is 3.76. The van der Waals surface area contributed by atoms with Gasteiger partial charge in [-0.15, -0.1) is 0 Å². The van der Waals surface area contributed by atoms with Crippen molar-refractivity contribution in [3.8, 4) is 28.5 Å². The highest BCUT2D eigenvalue weighted by molar-refractivity contribution is 5.93. The van der Waals surface area contributed by atoms with Gasteiger partial charge in [0.2, 0.25) is 11.7 Å². The number of nitrogens with one attached hydrogen (secondary N) is 1. The molecule has 0 aliphatic rings. The van der Waals surface area contributed by atoms with Crippen LogP contribution in [0.5, 0.6) is 5.75 Å². The third kappa shape index (κ3) is 4.38. The number of ether oxygens (including phenoxy) is 1. The van der Waals surface area contributed by atoms with Crippen LogP contribution in [0.4, 0.5) is 0 Å². The Morgan fingerprint density at radius 2 is 1.80 bits per heavy atom. The van der Waals surface area contributed by atoms with Crippen LogP contribution in [-0.4, -0.2) is 34.4 Å². The van der Waals surface area contributed by atoms with Gasteiger partial charge in [0, 0.05) is 29.7 Å². The first kappa shape index (κ1) is 19.4. The molecule has 2 aromatic heterocycles. The van der Waals surface area contributed by atoms with E-state index in [1.54, 1.807) is 13.2 Å². The van der Waals surface area contributed by atoms with Gasteiger partial charge in [-0.1, -0.05) is 40.6 Å². The molecule has 0 spiro atoms. The molecule has 8 heteroatoms. The van der Waals surface area contributed by atoms with E-state index in [9.17, 15) is 4.79 Å². The topological polar surface area (TPSA) is 103 Å². The fourth-order valence-corrected chi connectivity index (χ4v) is 2.93. The van der Waals surface area contributed by atoms with E-state index < -0.39 is 0 Å². The van der Waals surface area contributed by atoms with Gasteiger partial charge in [-0.2, -0.15) is 4.98 Å². The molecule has 8 nitrogen and oxygen atoms in total. The Morgan fingerprint density at radius 1 is 1.03 bits per heavy atom. The Bertz CT molecular complexity index is 1120. The van der Waals surface area contributed by atoms with Crippen LogP contribution in [0.2, 0.25) is 0 Å². The smallest absolute Gasteiger partial charge is 0.273 e. The summed E-state index contributed by atoms with van der Waals surface area (Å²) in [6, 6.07) is 18.2. The number of hydrogen-bond donors (Lipinski definition) is 1. The summed E-state index contributed by atoms with van der Waals surface area (Å²) in [7, 11) is 1.60. The monoisotopic (exact) mass is 404 g/mol. The van der Waals surface area contributed by atoms with Gasteiger partial charge in [0.05, 0.1) is 7.11 Å². The summed E-state index contributed by atoms with van der Waals surface area (Å²) in [5, 5.41) is 10.7. The Balaban J connectivity index is 1.37. The molecule has 2 heterocycles. The lowest BCUT2D eigenvalue weighted by Crippen LogP contribution is -2.34. The highest BCUT2D eigenvalue weighted by Gasteiger charge is 2.18. The maximum absolute atomic E-state index is 12.5. The molecule has 4 aromatic rings. The molecule has 4 rings (SSSR count). The lowest BCUT2D eigenvalue weighted by atomic mass is 10.1. The summed E-state index contributed by atoms with van der Waals surface area (Å²) >= 11 is 0. The standard InChI is InChI=1S/C22H20N4O4/c1-14(12-20-24-21(26-30-20)16-6-4-3-5-7-16)23-22(27)18-13-19(29-25-18)15-8-10-17(28-2)11-9-15/h3-11,13-14H,12H2,1-2H3,(H,23,27). The van der Waals surface area contributed by atoms with E-state index in [1.807, 2.05) is 61.5 Å². The average molecular weight is 404 g/mol. The molecule has 1 N–H and O–H groups in total. The molecule has 0 aliphatic carbocycles. The Morgan fingerprint density at radius 3 is 2.53 bits per heavy atom. The van der Waals surface area contributed by atoms with Crippen molar-refractivity contribution in [1.82, 2.24) is 20.6 Å². The van der Waals surface area contributed by atoms with Crippen LogP contribution in [0.15, 0.2) is 69.7 Å². The second kappa shape index (κ2) is 8.60. The van der Waals surface area contributed by atoms with Crippen molar-refractivity contribution in [2.24, 2.45) is 0 Å². The second-order valence-electron chi connectivity index (χ2n) is 6.76. The Hall–Kier alpha value is -3.94. The number of methoxy groups -OCH3 is 1. The first-order chi connectivity index (χ1) is 14.6. The molecule has 0 fully saturated rings. The molecule has 0 saturated heterocycles. The molecule has 1 unspecified atom stereocenters. The second-order valence-corrected chi connectivity index (χ2v) is 6.76. The molecule has 1 atom stereocenters. The zero-order valence-corrected chi connectivity index (χ0v) is 16.5. The Kier molecular flexibility index (Phi) is 5.56. The summed E-state index contributed by atoms with van der Waals surface area (Å²) in [5.41, 5.74) is 1.87. The molecular formula is C22H20N4O4. The van der Waals surface area contributed by atoms with Gasteiger partial charge < -0.3 is 19.1 Å². The lowest BCUT2D eigenvalue weighted by Gasteiger charge is -2.09. The molecule has 152 valence electrons. The molecule has 0 bridgehead atoms. The van der Waals surface area contributed by atoms with E-state index in [0.29, 0.717) is 23.9 Å². The highest BCUT2D eigenvalue weighted by atomic mass is 16.5. The fraction of sp³-hybridized carbons (Fsp3) is 0.182. The molecule has 1 amide bonds. The van der Waals surface area contributed by atoms with Gasteiger partial charge in [-0.25, -0.2) is 0 Å². The average Bonchev–Trinajstić information content (AvgIpc) is 3.44. The molecule has 30 heavy (non-hydrogen) atoms. The molecule has 2 aromatic carbocycles. The van der Waals surface area contributed by atoms with Crippen LogP contribution in [0.3, 0.4) is 0 Å². The van der Waals surface area contributed by atoms with Gasteiger partial charge >= 0.3 is 0 Å². The summed E-state index contributed by atoms with van der Waals surface area (Å²) in [6.45, 7) is 1.86. The third-order valence-corrected chi connectivity index (χ3v) is 4.48. The van der Waals surface area contributed by atoms with Crippen molar-refractivity contribution < 1.29 is 18.6 Å². The number of hydrogen-bond acceptors (Lipinski definition) is 7. The van der Waals surface area contributed by atoms with Gasteiger partial charge in [-0.05, 0) is 31.2 Å². The lowest BCUT2D eigenvalue weighted by molar-refractivity contribution is 0.0929. The van der Waals surface area contributed by atoms with E-state index in [2.05, 4.69) is 20.6 Å². The van der Waals surface area contributed by atoms with E-state index in [0.717, 1.165) is 16.9 Å². The highest BCUT2D eigenvalue weighted by Crippen LogP contribution is 2.23. The number of nitrogens with zero attached hydrogens (tertiary/aromatic N) is 3. The number of carbonyl (C=O) groups is 1. The number of carbonyl (C=O) groups excluding carboxylic acids is 1. The maximum atomic E-state index is 12.5. The van der Waals surface area contributed by atoms with E-state index in [4.69, 9.17) is 13.8 Å². The molecular weight excluding hydrogens is 384 g/mol. The van der Waals surface area contributed by atoms with Crippen LogP contribution in [-0.2, 0) is 6.42 Å². The largest absolute Gasteiger partial charge is 0.497 e. The van der Waals surface area contributed by atoms with Crippen LogP contribution in [0.1, 0.15) is 23.3 Å². The molecule has 0 radical (unpaired) electrons. The minimum Gasteiger partial charge on any atom is -0.497 e. The number of aromatic nitrogens is 3. The van der Waals surface area contributed by atoms with Crippen LogP contribution >= 0.6 is 0 Å². The summed E-state index contributed by atoms with van der Waals surface area (Å²) < 4.78 is 15.7. The first-order valence-electron chi connectivity index (χ1n) is 9.42. The number of benzene rings is 2. The SMILES string of the molecule is COc1ccc(-c2cc(C(=O)NC(C)Cc3nc(-c4ccccc4)no3)no2)cc1. The minimum atomic E-state index is -0.339. The zero-order chi connectivity index (χ0) is 20.9. The Labute approximate surface area is 172 Å². The van der Waals surface area contributed by atoms with Crippen molar-refractivity contribution >= 4 is 5.91 Å². The van der Waals surface area contributed by atoms with Crippen molar-refractivity contribution in [1.29, 1.82) is 0 Å². The van der Waals surface area contributed by atoms with E-state index in [-0.39, 0.29) is 17.6 Å². The van der Waals surface area contributed by atoms with Gasteiger partial charge in [0.15, 0.2) is 11.5 Å². The van der Waals surface area contributed by atoms with E-state index in [1.165, 1.54) is 0 Å². The number of rotatable bonds is 7. The fourth-order valence-electron chi connectivity index (χ4n) is 2.93. The molecule has 0 aliphatic heterocycles. The van der Waals surface area contributed by atoms with Crippen LogP contribution in [0.25, 0.3) is 22.7 Å².